The number of carbonyl (C=O) groups excluding carboxylic acids is 3. The Bertz CT molecular complexity index is 1480. The Morgan fingerprint density at radius 2 is 0.500 bits per heavy atom. The lowest BCUT2D eigenvalue weighted by molar-refractivity contribution is -0.167. The van der Waals surface area contributed by atoms with E-state index in [4.69, 9.17) is 14.2 Å². The van der Waals surface area contributed by atoms with E-state index in [1.54, 1.807) is 0 Å². The maximum absolute atomic E-state index is 12.9. The Balaban J connectivity index is 4.03. The van der Waals surface area contributed by atoms with Crippen molar-refractivity contribution in [2.75, 3.05) is 13.2 Å². The van der Waals surface area contributed by atoms with E-state index >= 15 is 0 Å². The average Bonchev–Trinajstić information content (AvgIpc) is 3.44. The van der Waals surface area contributed by atoms with Crippen LogP contribution in [0.25, 0.3) is 0 Å². The first kappa shape index (κ1) is 74.6. The van der Waals surface area contributed by atoms with Gasteiger partial charge >= 0.3 is 17.9 Å². The van der Waals surface area contributed by atoms with Crippen LogP contribution in [0.15, 0.2) is 85.1 Å². The smallest absolute Gasteiger partial charge is 0.306 e. The second-order valence-corrected chi connectivity index (χ2v) is 22.3. The van der Waals surface area contributed by atoms with Gasteiger partial charge in [-0.05, 0) is 89.9 Å². The number of esters is 3. The van der Waals surface area contributed by atoms with Gasteiger partial charge in [-0.25, -0.2) is 0 Å². The van der Waals surface area contributed by atoms with E-state index in [9.17, 15) is 14.4 Å². The molecule has 1 unspecified atom stereocenters. The van der Waals surface area contributed by atoms with Gasteiger partial charge in [-0.15, -0.1) is 0 Å². The van der Waals surface area contributed by atoms with E-state index in [0.717, 1.165) is 122 Å². The largest absolute Gasteiger partial charge is 0.462 e. The minimum Gasteiger partial charge on any atom is -0.462 e. The molecular weight excluding hydrogens is 961 g/mol. The lowest BCUT2D eigenvalue weighted by atomic mass is 10.0. The molecule has 0 aromatic carbocycles. The third-order valence-corrected chi connectivity index (χ3v) is 14.6. The fourth-order valence-corrected chi connectivity index (χ4v) is 9.69. The molecule has 0 heterocycles. The van der Waals surface area contributed by atoms with E-state index in [2.05, 4.69) is 106 Å². The predicted octanol–water partition coefficient (Wildman–Crippen LogP) is 23.1. The molecule has 0 bridgehead atoms. The fraction of sp³-hybridized carbons (Fsp3) is 0.764. The highest BCUT2D eigenvalue weighted by molar-refractivity contribution is 5.71. The lowest BCUT2D eigenvalue weighted by Crippen LogP contribution is -2.30. The fourth-order valence-electron chi connectivity index (χ4n) is 9.69. The van der Waals surface area contributed by atoms with Crippen molar-refractivity contribution in [3.05, 3.63) is 85.1 Å². The first-order valence-corrected chi connectivity index (χ1v) is 33.6. The molecule has 0 fully saturated rings. The van der Waals surface area contributed by atoms with Crippen LogP contribution in [-0.2, 0) is 28.6 Å². The van der Waals surface area contributed by atoms with Crippen LogP contribution in [0.1, 0.15) is 335 Å². The number of allylic oxidation sites excluding steroid dienone is 14. The highest BCUT2D eigenvalue weighted by Crippen LogP contribution is 2.18. The monoisotopic (exact) mass is 1090 g/mol. The molecule has 0 aliphatic rings. The van der Waals surface area contributed by atoms with Gasteiger partial charge in [0.25, 0.3) is 0 Å². The number of hydrogen-bond donors (Lipinski definition) is 0. The molecule has 6 heteroatoms. The molecule has 6 nitrogen and oxygen atoms in total. The van der Waals surface area contributed by atoms with Gasteiger partial charge in [0.15, 0.2) is 6.10 Å². The lowest BCUT2D eigenvalue weighted by Gasteiger charge is -2.18. The summed E-state index contributed by atoms with van der Waals surface area (Å²) >= 11 is 0. The molecule has 450 valence electrons. The third kappa shape index (κ3) is 63.4. The van der Waals surface area contributed by atoms with Gasteiger partial charge < -0.3 is 14.2 Å². The molecule has 0 aromatic heterocycles. The van der Waals surface area contributed by atoms with Crippen molar-refractivity contribution >= 4 is 17.9 Å². The van der Waals surface area contributed by atoms with Crippen molar-refractivity contribution in [2.45, 2.75) is 341 Å². The van der Waals surface area contributed by atoms with Crippen molar-refractivity contribution < 1.29 is 28.6 Å². The van der Waals surface area contributed by atoms with Crippen molar-refractivity contribution in [1.29, 1.82) is 0 Å². The van der Waals surface area contributed by atoms with Crippen LogP contribution in [0.2, 0.25) is 0 Å². The van der Waals surface area contributed by atoms with Gasteiger partial charge in [-0.2, -0.15) is 0 Å². The molecule has 0 saturated carbocycles. The Morgan fingerprint density at radius 3 is 0.782 bits per heavy atom. The quantitative estimate of drug-likeness (QED) is 0.0261. The Labute approximate surface area is 484 Å². The molecule has 0 saturated heterocycles. The summed E-state index contributed by atoms with van der Waals surface area (Å²) in [6, 6.07) is 0. The zero-order chi connectivity index (χ0) is 56.4. The second kappa shape index (κ2) is 66.1. The molecule has 0 rings (SSSR count). The topological polar surface area (TPSA) is 78.9 Å². The van der Waals surface area contributed by atoms with Crippen LogP contribution in [0, 0.1) is 0 Å². The summed E-state index contributed by atoms with van der Waals surface area (Å²) in [7, 11) is 0. The standard InChI is InChI=1S/C72H126O6/c1-4-7-10-13-16-19-22-24-26-27-28-29-30-31-32-33-34-35-36-37-38-39-40-41-42-43-44-45-47-48-50-53-56-59-62-65-71(74)77-68-69(67-76-70(73)64-61-58-55-52-21-18-15-12-9-6-3)78-72(75)66-63-60-57-54-51-49-46-25-23-20-17-14-11-8-5-2/h7-8,10-11,16-17,19-20,24-26,28-29,46,69H,4-6,9,12-15,18,21-23,27,30-45,47-68H2,1-3H3/b10-7-,11-8-,19-16-,20-17-,26-24-,29-28-,46-25-. The Kier molecular flexibility index (Phi) is 63.2. The first-order chi connectivity index (χ1) is 38.5. The van der Waals surface area contributed by atoms with Gasteiger partial charge in [0, 0.05) is 19.3 Å². The minimum absolute atomic E-state index is 0.0782. The van der Waals surface area contributed by atoms with Crippen molar-refractivity contribution in [3.8, 4) is 0 Å². The Morgan fingerprint density at radius 1 is 0.269 bits per heavy atom. The highest BCUT2D eigenvalue weighted by atomic mass is 16.6. The molecule has 0 aliphatic heterocycles. The number of hydrogen-bond acceptors (Lipinski definition) is 6. The molecule has 0 spiro atoms. The Hall–Kier alpha value is -3.41. The summed E-state index contributed by atoms with van der Waals surface area (Å²) < 4.78 is 16.9. The van der Waals surface area contributed by atoms with Crippen molar-refractivity contribution in [3.63, 3.8) is 0 Å². The maximum atomic E-state index is 12.9. The van der Waals surface area contributed by atoms with Crippen LogP contribution in [0.5, 0.6) is 0 Å². The first-order valence-electron chi connectivity index (χ1n) is 33.6. The summed E-state index contributed by atoms with van der Waals surface area (Å²) in [6.45, 7) is 6.42. The van der Waals surface area contributed by atoms with Crippen LogP contribution in [-0.4, -0.2) is 37.2 Å². The zero-order valence-corrected chi connectivity index (χ0v) is 51.7. The number of carbonyl (C=O) groups is 3. The van der Waals surface area contributed by atoms with Crippen LogP contribution < -0.4 is 0 Å². The van der Waals surface area contributed by atoms with Crippen molar-refractivity contribution in [2.24, 2.45) is 0 Å². The number of unbranched alkanes of at least 4 members (excludes halogenated alkanes) is 36. The molecule has 1 atom stereocenters. The van der Waals surface area contributed by atoms with E-state index in [1.165, 1.54) is 173 Å². The van der Waals surface area contributed by atoms with Crippen LogP contribution in [0.3, 0.4) is 0 Å². The molecule has 78 heavy (non-hydrogen) atoms. The van der Waals surface area contributed by atoms with E-state index in [0.29, 0.717) is 19.3 Å². The zero-order valence-electron chi connectivity index (χ0n) is 51.7. The predicted molar refractivity (Wildman–Crippen MR) is 339 cm³/mol. The van der Waals surface area contributed by atoms with E-state index in [-0.39, 0.29) is 31.1 Å². The molecule has 0 aliphatic carbocycles. The minimum atomic E-state index is -0.781. The summed E-state index contributed by atoms with van der Waals surface area (Å²) in [5.41, 5.74) is 0. The number of rotatable bonds is 61. The third-order valence-electron chi connectivity index (χ3n) is 14.6. The van der Waals surface area contributed by atoms with Gasteiger partial charge in [0.2, 0.25) is 0 Å². The second-order valence-electron chi connectivity index (χ2n) is 22.3. The highest BCUT2D eigenvalue weighted by Gasteiger charge is 2.19. The summed E-state index contributed by atoms with van der Waals surface area (Å²) in [4.78, 5) is 38.2. The van der Waals surface area contributed by atoms with Gasteiger partial charge in [0.1, 0.15) is 13.2 Å². The molecule has 0 amide bonds. The van der Waals surface area contributed by atoms with Crippen LogP contribution in [0.4, 0.5) is 0 Å². The molecule has 0 N–H and O–H groups in total. The number of ether oxygens (including phenoxy) is 3. The summed E-state index contributed by atoms with van der Waals surface area (Å²) in [5, 5.41) is 0. The van der Waals surface area contributed by atoms with Gasteiger partial charge in [-0.1, -0.05) is 311 Å². The molecular formula is C72H126O6. The normalized spacial score (nSPS) is 12.6. The van der Waals surface area contributed by atoms with Crippen molar-refractivity contribution in [1.82, 2.24) is 0 Å². The van der Waals surface area contributed by atoms with E-state index < -0.39 is 6.10 Å². The van der Waals surface area contributed by atoms with Gasteiger partial charge in [0.05, 0.1) is 0 Å². The SMILES string of the molecule is CC/C=C\C/C=C\C/C=C\C/C=C\CCCCCCCCCCCCCCCCCCCCCCCCC(=O)OCC(COC(=O)CCCCCCCCCCCC)OC(=O)CCCCCCC/C=C\C/C=C\C/C=C\CC. The van der Waals surface area contributed by atoms with E-state index in [1.807, 2.05) is 0 Å². The summed E-state index contributed by atoms with van der Waals surface area (Å²) in [5.74, 6) is -0.881. The van der Waals surface area contributed by atoms with Crippen LogP contribution >= 0.6 is 0 Å². The average molecular weight is 1090 g/mol. The maximum Gasteiger partial charge on any atom is 0.306 e. The molecule has 0 radical (unpaired) electrons. The molecule has 0 aromatic rings. The summed E-state index contributed by atoms with van der Waals surface area (Å²) in [6.07, 6.45) is 87.7. The van der Waals surface area contributed by atoms with Gasteiger partial charge in [-0.3, -0.25) is 14.4 Å².